The highest BCUT2D eigenvalue weighted by atomic mass is 79.9. The summed E-state index contributed by atoms with van der Waals surface area (Å²) in [5.74, 6) is -0.649. The molecular weight excluding hydrogens is 222 g/mol. The average molecular weight is 238 g/mol. The zero-order chi connectivity index (χ0) is 15.5. The van der Waals surface area contributed by atoms with E-state index in [0.29, 0.717) is 0 Å². The number of aromatic nitrogens is 1. The van der Waals surface area contributed by atoms with Crippen molar-refractivity contribution in [2.24, 2.45) is 0 Å². The lowest BCUT2D eigenvalue weighted by Crippen LogP contribution is -2.38. The van der Waals surface area contributed by atoms with Gasteiger partial charge in [-0.1, -0.05) is 0 Å². The Bertz CT molecular complexity index is 566. The molecule has 2 rings (SSSR count). The van der Waals surface area contributed by atoms with Gasteiger partial charge in [0.15, 0.2) is 0 Å². The van der Waals surface area contributed by atoms with E-state index in [1.807, 2.05) is 0 Å². The third-order valence-corrected chi connectivity index (χ3v) is 1.40. The predicted molar refractivity (Wildman–Crippen MR) is 47.2 cm³/mol. The van der Waals surface area contributed by atoms with E-state index < -0.39 is 43.2 Å². The van der Waals surface area contributed by atoms with Gasteiger partial charge in [-0.3, -0.25) is 0 Å². The van der Waals surface area contributed by atoms with E-state index in [1.54, 1.807) is 0 Å². The summed E-state index contributed by atoms with van der Waals surface area (Å²) in [6.45, 7) is -5.52. The van der Waals surface area contributed by atoms with Crippen molar-refractivity contribution >= 4 is 15.9 Å². The van der Waals surface area contributed by atoms with Gasteiger partial charge in [0.05, 0.1) is 30.3 Å². The zero-order valence-corrected chi connectivity index (χ0v) is 7.23. The maximum absolute atomic E-state index is 7.76. The summed E-state index contributed by atoms with van der Waals surface area (Å²) in [7, 11) is 0. The highest BCUT2D eigenvalue weighted by Gasteiger charge is 2.19. The molecule has 1 aliphatic rings. The second-order valence-electron chi connectivity index (χ2n) is 1.83. The summed E-state index contributed by atoms with van der Waals surface area (Å²) in [6.07, 6.45) is -3.41. The quantitative estimate of drug-likeness (QED) is 0.733. The summed E-state index contributed by atoms with van der Waals surface area (Å²) in [5.41, 5.74) is 0. The van der Waals surface area contributed by atoms with E-state index in [-0.39, 0.29) is 4.60 Å². The molecule has 0 N–H and O–H groups in total. The van der Waals surface area contributed by atoms with Crippen molar-refractivity contribution in [2.45, 2.75) is 6.08 Å². The van der Waals surface area contributed by atoms with Gasteiger partial charge >= 0.3 is 0 Å². The van der Waals surface area contributed by atoms with E-state index in [2.05, 4.69) is 25.7 Å². The van der Waals surface area contributed by atoms with Crippen LogP contribution >= 0.6 is 15.9 Å². The van der Waals surface area contributed by atoms with Crippen LogP contribution in [-0.4, -0.2) is 24.2 Å². The number of ether oxygens (including phenoxy) is 2. The number of hydrogen-bond donors (Lipinski definition) is 0. The Balaban J connectivity index is 2.48. The van der Waals surface area contributed by atoms with Crippen molar-refractivity contribution in [1.82, 2.24) is 4.98 Å². The van der Waals surface area contributed by atoms with Crippen LogP contribution in [0.1, 0.15) is 11.0 Å². The van der Waals surface area contributed by atoms with Gasteiger partial charge in [-0.2, -0.15) is 0 Å². The molecule has 0 amide bonds. The zero-order valence-electron chi connectivity index (χ0n) is 13.6. The summed E-state index contributed by atoms with van der Waals surface area (Å²) in [4.78, 5) is 3.55. The van der Waals surface area contributed by atoms with E-state index in [1.165, 1.54) is 0 Å². The average Bonchev–Trinajstić information content (AvgIpc) is 2.30. The van der Waals surface area contributed by atoms with Crippen molar-refractivity contribution in [1.29, 1.82) is 0 Å². The maximum atomic E-state index is 7.76. The lowest BCUT2D eigenvalue weighted by molar-refractivity contribution is -0.0798. The monoisotopic (exact) mass is 237 g/mol. The molecule has 1 aromatic heterocycles. The molecule has 0 atom stereocenters. The van der Waals surface area contributed by atoms with E-state index in [9.17, 15) is 0 Å². The van der Waals surface area contributed by atoms with E-state index in [4.69, 9.17) is 15.7 Å². The molecule has 0 spiro atoms. The first-order valence-electron chi connectivity index (χ1n) is 6.95. The van der Waals surface area contributed by atoms with Crippen LogP contribution in [0.3, 0.4) is 0 Å². The molecule has 0 unspecified atom stereocenters. The van der Waals surface area contributed by atoms with Gasteiger partial charge in [0.2, 0.25) is 0 Å². The highest BCUT2D eigenvalue weighted by molar-refractivity contribution is 9.10. The van der Waals surface area contributed by atoms with Crippen molar-refractivity contribution in [3.8, 4) is 5.75 Å². The molecule has 12 heavy (non-hydrogen) atoms. The number of halogens is 1. The fourth-order valence-electron chi connectivity index (χ4n) is 0.549. The highest BCUT2D eigenvalue weighted by Crippen LogP contribution is 2.16. The van der Waals surface area contributed by atoms with Gasteiger partial charge < -0.3 is 9.47 Å². The molecule has 0 saturated carbocycles. The van der Waals surface area contributed by atoms with E-state index in [0.717, 1.165) is 0 Å². The third kappa shape index (κ3) is 1.76. The first-order valence-corrected chi connectivity index (χ1v) is 3.75. The van der Waals surface area contributed by atoms with Gasteiger partial charge in [-0.05, 0) is 28.0 Å². The maximum Gasteiger partial charge on any atom is 0.145 e. The van der Waals surface area contributed by atoms with Gasteiger partial charge in [-0.15, -0.1) is 0 Å². The van der Waals surface area contributed by atoms with Crippen LogP contribution in [0.2, 0.25) is 0 Å². The van der Waals surface area contributed by atoms with Crippen molar-refractivity contribution in [3.63, 3.8) is 0 Å². The van der Waals surface area contributed by atoms with Crippen LogP contribution in [-0.2, 0) is 4.74 Å². The molecule has 0 radical (unpaired) electrons. The molecule has 3 nitrogen and oxygen atoms in total. The molecule has 1 aliphatic heterocycles. The minimum Gasteiger partial charge on any atom is -0.484 e. The normalized spacial score (nSPS) is 37.8. The van der Waals surface area contributed by atoms with Gasteiger partial charge in [0.25, 0.3) is 0 Å². The van der Waals surface area contributed by atoms with Crippen LogP contribution < -0.4 is 4.74 Å². The Morgan fingerprint density at radius 2 is 2.67 bits per heavy atom. The number of pyridine rings is 1. The Morgan fingerprint density at radius 1 is 1.83 bits per heavy atom. The number of rotatable bonds is 2. The first kappa shape index (κ1) is 2.96. The second kappa shape index (κ2) is 3.41. The molecule has 4 heteroatoms. The summed E-state index contributed by atoms with van der Waals surface area (Å²) in [5, 5.41) is 0. The molecule has 0 aromatic carbocycles. The smallest absolute Gasteiger partial charge is 0.145 e. The van der Waals surface area contributed by atoms with E-state index >= 15 is 0 Å². The fourth-order valence-corrected chi connectivity index (χ4v) is 0.737. The van der Waals surface area contributed by atoms with Crippen LogP contribution in [0.5, 0.6) is 5.75 Å². The lowest BCUT2D eigenvalue weighted by atomic mass is 10.3. The molecule has 64 valence electrons. The van der Waals surface area contributed by atoms with Crippen LogP contribution in [0.15, 0.2) is 22.9 Å². The van der Waals surface area contributed by atoms with Gasteiger partial charge in [-0.25, -0.2) is 4.98 Å². The van der Waals surface area contributed by atoms with Crippen molar-refractivity contribution < 1.29 is 20.4 Å². The first-order chi connectivity index (χ1) is 8.93. The second-order valence-corrected chi connectivity index (χ2v) is 2.58. The predicted octanol–water partition coefficient (Wildman–Crippen LogP) is 1.62. The molecule has 1 aromatic rings. The minimum absolute atomic E-state index is 0.0743. The molecule has 2 heterocycles. The largest absolute Gasteiger partial charge is 0.484 e. The molecule has 0 aliphatic carbocycles. The van der Waals surface area contributed by atoms with Crippen molar-refractivity contribution in [2.75, 3.05) is 13.1 Å². The minimum atomic E-state index is -2.80. The van der Waals surface area contributed by atoms with Crippen LogP contribution in [0, 0.1) is 0 Å². The lowest BCUT2D eigenvalue weighted by Gasteiger charge is -2.26. The molecule has 0 bridgehead atoms. The molecular formula is C8H8BrNO2. The Labute approximate surface area is 90.1 Å². The van der Waals surface area contributed by atoms with Gasteiger partial charge in [0.1, 0.15) is 16.4 Å². The topological polar surface area (TPSA) is 31.4 Å². The van der Waals surface area contributed by atoms with Crippen molar-refractivity contribution in [3.05, 3.63) is 22.9 Å². The summed E-state index contributed by atoms with van der Waals surface area (Å²) < 4.78 is 69.0. The fraction of sp³-hybridized carbons (Fsp3) is 0.375. The molecule has 1 saturated heterocycles. The third-order valence-electron chi connectivity index (χ3n) is 1.03. The Kier molecular flexibility index (Phi) is 0.840. The summed E-state index contributed by atoms with van der Waals surface area (Å²) >= 11 is 2.87. The molecule has 1 fully saturated rings. The van der Waals surface area contributed by atoms with Gasteiger partial charge in [0, 0.05) is 0 Å². The SMILES string of the molecule is [2H]c1nc(Br)c([2H])c([2H])c1OC1([2H])C([2H])([2H])OC1([2H])[2H]. The standard InChI is InChI=1S/C8H8BrNO2/c9-8-2-1-6(3-10-8)12-7-4-11-5-7/h1-3,7H,4-5H2/i1D,2D,3D,4D2,5D2,7D. The Hall–Kier alpha value is -0.610. The van der Waals surface area contributed by atoms with Crippen LogP contribution in [0.4, 0.5) is 0 Å². The van der Waals surface area contributed by atoms with Crippen LogP contribution in [0.25, 0.3) is 0 Å². The number of nitrogens with zero attached hydrogens (tertiary/aromatic N) is 1. The number of hydrogen-bond acceptors (Lipinski definition) is 3. The summed E-state index contributed by atoms with van der Waals surface area (Å²) in [6, 6.07) is -1.01. The Morgan fingerprint density at radius 3 is 3.42 bits per heavy atom.